The lowest BCUT2D eigenvalue weighted by molar-refractivity contribution is 0.555. The number of azo groups is 1. The van der Waals surface area contributed by atoms with E-state index in [-0.39, 0.29) is 10.9 Å². The highest BCUT2D eigenvalue weighted by Crippen LogP contribution is 2.28. The highest BCUT2D eigenvalue weighted by atomic mass is 32.2. The first-order chi connectivity index (χ1) is 15.1. The van der Waals surface area contributed by atoms with Crippen molar-refractivity contribution in [2.24, 2.45) is 10.2 Å². The Morgan fingerprint density at radius 3 is 2.28 bits per heavy atom. The van der Waals surface area contributed by atoms with Crippen molar-refractivity contribution in [2.75, 3.05) is 0 Å². The molecule has 9 nitrogen and oxygen atoms in total. The number of sulfonamides is 1. The van der Waals surface area contributed by atoms with Crippen molar-refractivity contribution in [1.29, 1.82) is 0 Å². The zero-order valence-corrected chi connectivity index (χ0v) is 19.8. The molecule has 2 unspecified atom stereocenters. The monoisotopic (exact) mass is 475 g/mol. The summed E-state index contributed by atoms with van der Waals surface area (Å²) in [6.45, 7) is 7.38. The van der Waals surface area contributed by atoms with Crippen LogP contribution in [0, 0.1) is 13.8 Å². The van der Waals surface area contributed by atoms with Gasteiger partial charge in [-0.15, -0.1) is 5.11 Å². The van der Waals surface area contributed by atoms with E-state index in [9.17, 15) is 12.6 Å². The van der Waals surface area contributed by atoms with E-state index >= 15 is 0 Å². The van der Waals surface area contributed by atoms with Crippen LogP contribution in [-0.4, -0.2) is 33.0 Å². The van der Waals surface area contributed by atoms with E-state index in [0.717, 1.165) is 11.4 Å². The average Bonchev–Trinajstić information content (AvgIpc) is 3.05. The standard InChI is InChI=1S/C21H25N5O4S2/c1-5-14(2)25-32(29,30)20-12-6-17(7-13-20)22-23-21-15(3)24-26(16(21)4)18-8-10-19(11-9-18)31(27)28/h6-14,25H,5H2,1-4H3,(H,27,28)/b23-22+. The lowest BCUT2D eigenvalue weighted by Crippen LogP contribution is -2.31. The van der Waals surface area contributed by atoms with E-state index in [2.05, 4.69) is 20.0 Å². The molecule has 0 spiro atoms. The first-order valence-corrected chi connectivity index (χ1v) is 12.5. The average molecular weight is 476 g/mol. The summed E-state index contributed by atoms with van der Waals surface area (Å²) in [6, 6.07) is 12.6. The highest BCUT2D eigenvalue weighted by Gasteiger charge is 2.16. The molecular formula is C21H25N5O4S2. The number of nitrogens with zero attached hydrogens (tertiary/aromatic N) is 4. The number of aromatic nitrogens is 2. The zero-order valence-electron chi connectivity index (χ0n) is 18.2. The third-order valence-corrected chi connectivity index (χ3v) is 7.20. The summed E-state index contributed by atoms with van der Waals surface area (Å²) >= 11 is -2.04. The van der Waals surface area contributed by atoms with Crippen LogP contribution < -0.4 is 4.72 Å². The maximum atomic E-state index is 12.4. The summed E-state index contributed by atoms with van der Waals surface area (Å²) < 4.78 is 49.4. The van der Waals surface area contributed by atoms with Crippen LogP contribution in [0.1, 0.15) is 31.7 Å². The number of rotatable bonds is 8. The second kappa shape index (κ2) is 9.82. The smallest absolute Gasteiger partial charge is 0.240 e. The molecule has 2 atom stereocenters. The second-order valence-corrected chi connectivity index (χ2v) is 9.98. The van der Waals surface area contributed by atoms with Gasteiger partial charge < -0.3 is 4.55 Å². The highest BCUT2D eigenvalue weighted by molar-refractivity contribution is 7.89. The van der Waals surface area contributed by atoms with Gasteiger partial charge in [0.05, 0.1) is 32.6 Å². The van der Waals surface area contributed by atoms with E-state index < -0.39 is 21.1 Å². The van der Waals surface area contributed by atoms with Crippen LogP contribution in [0.2, 0.25) is 0 Å². The number of hydrogen-bond acceptors (Lipinski definition) is 6. The maximum Gasteiger partial charge on any atom is 0.240 e. The Morgan fingerprint density at radius 1 is 1.09 bits per heavy atom. The summed E-state index contributed by atoms with van der Waals surface area (Å²) in [5.41, 5.74) is 3.24. The Balaban J connectivity index is 1.82. The van der Waals surface area contributed by atoms with Gasteiger partial charge in [-0.25, -0.2) is 22.0 Å². The molecule has 0 aliphatic rings. The molecule has 0 saturated heterocycles. The van der Waals surface area contributed by atoms with Crippen molar-refractivity contribution in [2.45, 2.75) is 49.9 Å². The van der Waals surface area contributed by atoms with Crippen molar-refractivity contribution < 1.29 is 17.2 Å². The molecule has 1 heterocycles. The van der Waals surface area contributed by atoms with Gasteiger partial charge in [-0.1, -0.05) is 6.92 Å². The molecule has 11 heteroatoms. The minimum absolute atomic E-state index is 0.149. The van der Waals surface area contributed by atoms with Crippen LogP contribution in [0.25, 0.3) is 5.69 Å². The normalized spacial score (nSPS) is 14.0. The van der Waals surface area contributed by atoms with Crippen LogP contribution in [0.5, 0.6) is 0 Å². The van der Waals surface area contributed by atoms with Gasteiger partial charge in [-0.3, -0.25) is 0 Å². The molecule has 1 aromatic heterocycles. The van der Waals surface area contributed by atoms with Gasteiger partial charge in [-0.2, -0.15) is 10.2 Å². The first-order valence-electron chi connectivity index (χ1n) is 9.94. The molecule has 0 fully saturated rings. The van der Waals surface area contributed by atoms with Crippen molar-refractivity contribution in [3.05, 3.63) is 59.9 Å². The van der Waals surface area contributed by atoms with Gasteiger partial charge in [0.2, 0.25) is 10.0 Å². The molecule has 32 heavy (non-hydrogen) atoms. The molecule has 170 valence electrons. The molecule has 0 bridgehead atoms. The summed E-state index contributed by atoms with van der Waals surface area (Å²) in [5.74, 6) is 0. The van der Waals surface area contributed by atoms with Crippen LogP contribution >= 0.6 is 0 Å². The summed E-state index contributed by atoms with van der Waals surface area (Å²) in [6.07, 6.45) is 0.697. The van der Waals surface area contributed by atoms with Gasteiger partial charge in [0, 0.05) is 6.04 Å². The van der Waals surface area contributed by atoms with Gasteiger partial charge in [0.15, 0.2) is 11.1 Å². The van der Waals surface area contributed by atoms with Crippen molar-refractivity contribution >= 4 is 32.5 Å². The Labute approximate surface area is 189 Å². The third kappa shape index (κ3) is 5.36. The van der Waals surface area contributed by atoms with Crippen LogP contribution in [0.15, 0.2) is 68.6 Å². The first kappa shape index (κ1) is 23.9. The minimum atomic E-state index is -3.58. The van der Waals surface area contributed by atoms with Crippen LogP contribution in [0.3, 0.4) is 0 Å². The molecule has 0 aliphatic heterocycles. The van der Waals surface area contributed by atoms with Gasteiger partial charge in [0.1, 0.15) is 5.69 Å². The fraction of sp³-hybridized carbons (Fsp3) is 0.286. The predicted octanol–water partition coefficient (Wildman–Crippen LogP) is 4.56. The topological polar surface area (TPSA) is 126 Å². The van der Waals surface area contributed by atoms with E-state index in [4.69, 9.17) is 4.55 Å². The Hall–Kier alpha value is -2.73. The summed E-state index contributed by atoms with van der Waals surface area (Å²) in [5, 5.41) is 13.0. The summed E-state index contributed by atoms with van der Waals surface area (Å²) in [4.78, 5) is 0.476. The molecule has 2 aromatic carbocycles. The Kier molecular flexibility index (Phi) is 7.34. The predicted molar refractivity (Wildman–Crippen MR) is 123 cm³/mol. The molecule has 0 aliphatic carbocycles. The van der Waals surface area contributed by atoms with Gasteiger partial charge >= 0.3 is 0 Å². The number of hydrogen-bond donors (Lipinski definition) is 2. The number of nitrogens with one attached hydrogen (secondary N) is 1. The zero-order chi connectivity index (χ0) is 23.5. The third-order valence-electron chi connectivity index (χ3n) is 4.92. The lowest BCUT2D eigenvalue weighted by Gasteiger charge is -2.11. The molecule has 0 radical (unpaired) electrons. The van der Waals surface area contributed by atoms with Crippen molar-refractivity contribution in [1.82, 2.24) is 14.5 Å². The number of aryl methyl sites for hydroxylation is 1. The molecule has 0 saturated carbocycles. The van der Waals surface area contributed by atoms with Crippen molar-refractivity contribution in [3.63, 3.8) is 0 Å². The second-order valence-electron chi connectivity index (χ2n) is 7.30. The maximum absolute atomic E-state index is 12.4. The SMILES string of the molecule is CCC(C)NS(=O)(=O)c1ccc(/N=N/c2c(C)nn(-c3ccc(S(=O)O)cc3)c2C)cc1. The van der Waals surface area contributed by atoms with Crippen LogP contribution in [0.4, 0.5) is 11.4 Å². The molecule has 2 N–H and O–H groups in total. The Bertz CT molecular complexity index is 1250. The number of benzene rings is 2. The molecular weight excluding hydrogens is 450 g/mol. The van der Waals surface area contributed by atoms with Crippen molar-refractivity contribution in [3.8, 4) is 5.69 Å². The van der Waals surface area contributed by atoms with Gasteiger partial charge in [-0.05, 0) is 75.7 Å². The quantitative estimate of drug-likeness (QED) is 0.365. The largest absolute Gasteiger partial charge is 0.302 e. The van der Waals surface area contributed by atoms with E-state index in [1.165, 1.54) is 12.1 Å². The summed E-state index contributed by atoms with van der Waals surface area (Å²) in [7, 11) is -3.58. The van der Waals surface area contributed by atoms with E-state index in [1.54, 1.807) is 41.1 Å². The Morgan fingerprint density at radius 2 is 1.72 bits per heavy atom. The van der Waals surface area contributed by atoms with Crippen LogP contribution in [-0.2, 0) is 21.1 Å². The fourth-order valence-corrected chi connectivity index (χ4v) is 4.65. The lowest BCUT2D eigenvalue weighted by atomic mass is 10.3. The fourth-order valence-electron chi connectivity index (χ4n) is 2.95. The molecule has 3 aromatic rings. The van der Waals surface area contributed by atoms with Gasteiger partial charge in [0.25, 0.3) is 0 Å². The van der Waals surface area contributed by atoms with E-state index in [1.807, 2.05) is 27.7 Å². The van der Waals surface area contributed by atoms with E-state index in [0.29, 0.717) is 28.4 Å². The minimum Gasteiger partial charge on any atom is -0.302 e. The molecule has 3 rings (SSSR count). The molecule has 0 amide bonds.